The van der Waals surface area contributed by atoms with Gasteiger partial charge < -0.3 is 14.3 Å². The second kappa shape index (κ2) is 12.2. The molecule has 2 aromatic heterocycles. The first kappa shape index (κ1) is 28.8. The van der Waals surface area contributed by atoms with Crippen molar-refractivity contribution in [1.29, 1.82) is 0 Å². The van der Waals surface area contributed by atoms with Gasteiger partial charge in [-0.3, -0.25) is 9.36 Å². The first-order valence-electron chi connectivity index (χ1n) is 11.6. The van der Waals surface area contributed by atoms with E-state index in [0.29, 0.717) is 51.6 Å². The zero-order chi connectivity index (χ0) is 26.5. The van der Waals surface area contributed by atoms with Crippen molar-refractivity contribution in [2.24, 2.45) is 0 Å². The van der Waals surface area contributed by atoms with E-state index in [1.54, 1.807) is 26.7 Å². The molecule has 0 radical (unpaired) electrons. The summed E-state index contributed by atoms with van der Waals surface area (Å²) in [5.74, 6) is -0.265. The number of amides is 1. The van der Waals surface area contributed by atoms with E-state index in [4.69, 9.17) is 8.94 Å². The third kappa shape index (κ3) is 7.38. The lowest BCUT2D eigenvalue weighted by Crippen LogP contribution is -2.27. The lowest BCUT2D eigenvalue weighted by Gasteiger charge is -2.12. The molecule has 2 heterocycles. The van der Waals surface area contributed by atoms with Gasteiger partial charge in [-0.1, -0.05) is 29.8 Å². The number of unbranched alkanes of at least 4 members (excludes halogenated alkanes) is 1. The second-order valence-electron chi connectivity index (χ2n) is 8.54. The van der Waals surface area contributed by atoms with E-state index in [1.165, 1.54) is 0 Å². The van der Waals surface area contributed by atoms with Crippen LogP contribution in [0.15, 0.2) is 34.7 Å². The van der Waals surface area contributed by atoms with Gasteiger partial charge in [0.25, 0.3) is 5.91 Å². The summed E-state index contributed by atoms with van der Waals surface area (Å²) in [5.41, 5.74) is 2.68. The third-order valence-corrected chi connectivity index (χ3v) is 9.68. The summed E-state index contributed by atoms with van der Waals surface area (Å²) < 4.78 is 52.0. The molecule has 0 aliphatic carbocycles. The molecule has 0 fully saturated rings. The molecule has 12 heteroatoms. The molecule has 0 spiro atoms. The molecular weight excluding hydrogens is 616 g/mol. The number of carbonyl (C=O) groups excluding carboxylic acids is 1. The van der Waals surface area contributed by atoms with Crippen molar-refractivity contribution in [1.82, 2.24) is 15.0 Å². The largest absolute Gasteiger partial charge is 0.437 e. The summed E-state index contributed by atoms with van der Waals surface area (Å²) >= 11 is 2.02. The Morgan fingerprint density at radius 2 is 1.92 bits per heavy atom. The van der Waals surface area contributed by atoms with Crippen LogP contribution in [-0.2, 0) is 24.9 Å². The van der Waals surface area contributed by atoms with Crippen LogP contribution >= 0.6 is 30.0 Å². The van der Waals surface area contributed by atoms with Crippen molar-refractivity contribution in [3.8, 4) is 11.3 Å². The van der Waals surface area contributed by atoms with Crippen molar-refractivity contribution < 1.29 is 26.7 Å². The van der Waals surface area contributed by atoms with Gasteiger partial charge in [0.1, 0.15) is 11.5 Å². The van der Waals surface area contributed by atoms with Crippen LogP contribution in [0.4, 0.5) is 0 Å². The summed E-state index contributed by atoms with van der Waals surface area (Å²) in [6.45, 7) is 5.98. The molecule has 1 aromatic carbocycles. The predicted molar refractivity (Wildman–Crippen MR) is 150 cm³/mol. The number of carbonyl (C=O) groups is 1. The van der Waals surface area contributed by atoms with E-state index in [1.807, 2.05) is 53.8 Å². The molecule has 3 aromatic rings. The number of aromatic nitrogens is 1. The number of nitrogens with one attached hydrogen (secondary N) is 2. The van der Waals surface area contributed by atoms with Gasteiger partial charge >= 0.3 is 0 Å². The summed E-state index contributed by atoms with van der Waals surface area (Å²) in [4.78, 5) is 17.2. The fraction of sp³-hybridized carbons (Fsp3) is 0.417. The Kier molecular flexibility index (Phi) is 9.73. The van der Waals surface area contributed by atoms with Crippen LogP contribution in [0.3, 0.4) is 0 Å². The molecule has 2 N–H and O–H groups in total. The number of hydrogen-bond donors (Lipinski definition) is 2. The van der Waals surface area contributed by atoms with E-state index < -0.39 is 17.4 Å². The highest BCUT2D eigenvalue weighted by Crippen LogP contribution is 2.43. The van der Waals surface area contributed by atoms with Gasteiger partial charge in [-0.15, -0.1) is 0 Å². The standard InChI is InChI=1S/C24H31IN3O6PS/c1-5-33-35(4,30)13-7-6-12-27-36(31,32)15-20-19(25)14-18-21(23(29)26-3)22(34-24(18)28-20)17-10-8-16(2)9-11-17/h8-11,14,27H,5-7,12-13,15H2,1-4H3,(H,26,29). The Balaban J connectivity index is 1.80. The lowest BCUT2D eigenvalue weighted by atomic mass is 10.0. The highest BCUT2D eigenvalue weighted by molar-refractivity contribution is 14.1. The Labute approximate surface area is 225 Å². The maximum absolute atomic E-state index is 12.7. The van der Waals surface area contributed by atoms with Crippen molar-refractivity contribution in [3.05, 3.63) is 50.7 Å². The zero-order valence-corrected chi connectivity index (χ0v) is 24.6. The summed E-state index contributed by atoms with van der Waals surface area (Å²) in [6, 6.07) is 9.31. The van der Waals surface area contributed by atoms with Crippen molar-refractivity contribution >= 4 is 57.0 Å². The Morgan fingerprint density at radius 3 is 2.56 bits per heavy atom. The van der Waals surface area contributed by atoms with Crippen molar-refractivity contribution in [3.63, 3.8) is 0 Å². The average Bonchev–Trinajstić information content (AvgIpc) is 3.16. The van der Waals surface area contributed by atoms with Gasteiger partial charge in [0, 0.05) is 35.6 Å². The topological polar surface area (TPSA) is 128 Å². The van der Waals surface area contributed by atoms with Crippen LogP contribution in [0.2, 0.25) is 0 Å². The Morgan fingerprint density at radius 1 is 1.22 bits per heavy atom. The van der Waals surface area contributed by atoms with Gasteiger partial charge in [0.2, 0.25) is 15.7 Å². The molecule has 1 unspecified atom stereocenters. The molecule has 1 amide bonds. The normalized spacial score (nSPS) is 13.6. The third-order valence-electron chi connectivity index (χ3n) is 5.52. The number of pyridine rings is 1. The smallest absolute Gasteiger partial charge is 0.255 e. The average molecular weight is 647 g/mol. The van der Waals surface area contributed by atoms with E-state index in [-0.39, 0.29) is 23.9 Å². The van der Waals surface area contributed by atoms with Crippen LogP contribution in [0.25, 0.3) is 22.4 Å². The highest BCUT2D eigenvalue weighted by atomic mass is 127. The van der Waals surface area contributed by atoms with E-state index >= 15 is 0 Å². The number of fused-ring (bicyclic) bond motifs is 1. The van der Waals surface area contributed by atoms with Gasteiger partial charge in [-0.2, -0.15) is 0 Å². The van der Waals surface area contributed by atoms with Crippen molar-refractivity contribution in [2.75, 3.05) is 33.0 Å². The van der Waals surface area contributed by atoms with Crippen LogP contribution in [0.1, 0.15) is 41.4 Å². The van der Waals surface area contributed by atoms with E-state index in [2.05, 4.69) is 15.0 Å². The first-order valence-corrected chi connectivity index (χ1v) is 16.5. The highest BCUT2D eigenvalue weighted by Gasteiger charge is 2.25. The number of rotatable bonds is 12. The fourth-order valence-corrected chi connectivity index (χ4v) is 7.21. The number of furan rings is 1. The minimum Gasteiger partial charge on any atom is -0.437 e. The maximum Gasteiger partial charge on any atom is 0.255 e. The number of benzene rings is 1. The summed E-state index contributed by atoms with van der Waals surface area (Å²) in [6.07, 6.45) is 1.55. The molecule has 0 saturated heterocycles. The molecule has 0 aliphatic rings. The minimum atomic E-state index is -3.67. The first-order chi connectivity index (χ1) is 17.0. The Hall–Kier alpha value is -1.79. The fourth-order valence-electron chi connectivity index (χ4n) is 3.72. The monoisotopic (exact) mass is 647 g/mol. The van der Waals surface area contributed by atoms with Gasteiger partial charge in [0.05, 0.1) is 23.3 Å². The molecule has 0 saturated carbocycles. The zero-order valence-electron chi connectivity index (χ0n) is 20.8. The quantitative estimate of drug-likeness (QED) is 0.163. The Bertz CT molecular complexity index is 1390. The van der Waals surface area contributed by atoms with Crippen LogP contribution in [-0.4, -0.2) is 52.3 Å². The van der Waals surface area contributed by atoms with Gasteiger partial charge in [0.15, 0.2) is 7.37 Å². The number of aryl methyl sites for hydroxylation is 1. The molecule has 36 heavy (non-hydrogen) atoms. The van der Waals surface area contributed by atoms with Crippen molar-refractivity contribution in [2.45, 2.75) is 32.4 Å². The molecule has 1 atom stereocenters. The molecule has 0 aliphatic heterocycles. The molecule has 9 nitrogen and oxygen atoms in total. The van der Waals surface area contributed by atoms with Crippen LogP contribution in [0, 0.1) is 10.5 Å². The molecule has 196 valence electrons. The number of sulfonamides is 1. The van der Waals surface area contributed by atoms with Crippen LogP contribution in [0.5, 0.6) is 0 Å². The SMILES string of the molecule is CCOP(C)(=O)CCCCNS(=O)(=O)Cc1nc2oc(-c3ccc(C)cc3)c(C(=O)NC)c2cc1I. The molecule has 3 rings (SSSR count). The maximum atomic E-state index is 12.7. The number of halogens is 1. The molecular formula is C24H31IN3O6PS. The van der Waals surface area contributed by atoms with Crippen LogP contribution < -0.4 is 10.0 Å². The predicted octanol–water partition coefficient (Wildman–Crippen LogP) is 4.91. The molecule has 0 bridgehead atoms. The van der Waals surface area contributed by atoms with E-state index in [0.717, 1.165) is 11.1 Å². The summed E-state index contributed by atoms with van der Waals surface area (Å²) in [7, 11) is -4.75. The minimum absolute atomic E-state index is 0.199. The van der Waals surface area contributed by atoms with E-state index in [9.17, 15) is 17.8 Å². The second-order valence-corrected chi connectivity index (χ2v) is 14.2. The number of nitrogens with zero attached hydrogens (tertiary/aromatic N) is 1. The number of hydrogen-bond acceptors (Lipinski definition) is 7. The van der Waals surface area contributed by atoms with Gasteiger partial charge in [-0.05, 0) is 55.3 Å². The lowest BCUT2D eigenvalue weighted by molar-refractivity contribution is 0.0964. The summed E-state index contributed by atoms with van der Waals surface area (Å²) in [5, 5.41) is 3.16. The van der Waals surface area contributed by atoms with Gasteiger partial charge in [-0.25, -0.2) is 18.1 Å².